The fourth-order valence-electron chi connectivity index (χ4n) is 0.987. The van der Waals surface area contributed by atoms with Gasteiger partial charge < -0.3 is 9.84 Å². The Kier molecular flexibility index (Phi) is 8.79. The maximum Gasteiger partial charge on any atom is 0.341 e. The molecule has 1 atom stereocenters. The molecule has 14 heavy (non-hydrogen) atoms. The fraction of sp³-hybridized carbons (Fsp3) is 0.889. The Morgan fingerprint density at radius 2 is 2.07 bits per heavy atom. The molecule has 0 radical (unpaired) electrons. The number of carbonyl (C=O) groups is 1. The van der Waals surface area contributed by atoms with Crippen LogP contribution in [-0.4, -0.2) is 36.6 Å². The number of carboxylic acid groups (broad SMARTS) is 1. The summed E-state index contributed by atoms with van der Waals surface area (Å²) in [4.78, 5) is 10.2. The summed E-state index contributed by atoms with van der Waals surface area (Å²) in [6, 6.07) is 0. The Balaban J connectivity index is 3.22. The van der Waals surface area contributed by atoms with Gasteiger partial charge in [0.2, 0.25) is 0 Å². The van der Waals surface area contributed by atoms with E-state index in [9.17, 15) is 9.36 Å². The number of unbranched alkanes of at least 4 members (excludes halogenated alkanes) is 1. The van der Waals surface area contributed by atoms with E-state index in [4.69, 9.17) is 9.84 Å². The van der Waals surface area contributed by atoms with Crippen LogP contribution in [0, 0.1) is 0 Å². The van der Waals surface area contributed by atoms with Crippen LogP contribution in [0.2, 0.25) is 0 Å². The van der Waals surface area contributed by atoms with Crippen molar-refractivity contribution in [2.45, 2.75) is 26.2 Å². The zero-order valence-corrected chi connectivity index (χ0v) is 9.46. The molecule has 1 unspecified atom stereocenters. The lowest BCUT2D eigenvalue weighted by molar-refractivity contribution is -0.137. The largest absolute Gasteiger partial charge is 0.481 e. The first-order valence-corrected chi connectivity index (χ1v) is 6.51. The predicted octanol–water partition coefficient (Wildman–Crippen LogP) is 2.11. The number of hydrogen-bond acceptors (Lipinski definition) is 3. The SMILES string of the molecule is CCOCC[P+](=O)CCCCC(=O)O. The molecule has 5 heteroatoms. The lowest BCUT2D eigenvalue weighted by Gasteiger charge is -1.93. The molecule has 4 nitrogen and oxygen atoms in total. The molecule has 1 N–H and O–H groups in total. The van der Waals surface area contributed by atoms with Gasteiger partial charge in [-0.1, -0.05) is 4.57 Å². The fourth-order valence-corrected chi connectivity index (χ4v) is 2.12. The van der Waals surface area contributed by atoms with Gasteiger partial charge in [-0.3, -0.25) is 4.79 Å². The minimum atomic E-state index is -1.19. The number of aliphatic carboxylic acids is 1. The lowest BCUT2D eigenvalue weighted by atomic mass is 10.2. The third-order valence-corrected chi connectivity index (χ3v) is 3.23. The number of carboxylic acids is 1. The second-order valence-electron chi connectivity index (χ2n) is 2.98. The Hall–Kier alpha value is -0.470. The molecule has 0 aromatic carbocycles. The van der Waals surface area contributed by atoms with Gasteiger partial charge in [-0.2, -0.15) is 0 Å². The van der Waals surface area contributed by atoms with Crippen LogP contribution in [-0.2, 0) is 14.1 Å². The number of ether oxygens (including phenoxy) is 1. The van der Waals surface area contributed by atoms with E-state index in [1.165, 1.54) is 0 Å². The predicted molar refractivity (Wildman–Crippen MR) is 55.3 cm³/mol. The third kappa shape index (κ3) is 9.62. The molecule has 0 aromatic rings. The molecule has 0 aliphatic heterocycles. The Morgan fingerprint density at radius 3 is 2.64 bits per heavy atom. The van der Waals surface area contributed by atoms with Crippen molar-refractivity contribution < 1.29 is 19.2 Å². The van der Waals surface area contributed by atoms with Crippen molar-refractivity contribution in [3.05, 3.63) is 0 Å². The molecule has 0 saturated heterocycles. The first-order chi connectivity index (χ1) is 6.66. The topological polar surface area (TPSA) is 63.6 Å². The standard InChI is InChI=1S/C9H17O4P/c1-2-13-6-8-14(12)7-4-3-5-9(10)11/h2-8H2,1H3/p+1. The number of hydrogen-bond donors (Lipinski definition) is 1. The van der Waals surface area contributed by atoms with E-state index in [1.54, 1.807) is 0 Å². The van der Waals surface area contributed by atoms with Crippen molar-refractivity contribution in [3.8, 4) is 0 Å². The van der Waals surface area contributed by atoms with Crippen molar-refractivity contribution in [1.29, 1.82) is 0 Å². The van der Waals surface area contributed by atoms with E-state index >= 15 is 0 Å². The van der Waals surface area contributed by atoms with Crippen LogP contribution in [0.5, 0.6) is 0 Å². The van der Waals surface area contributed by atoms with Gasteiger partial charge in [0, 0.05) is 13.0 Å². The van der Waals surface area contributed by atoms with Crippen molar-refractivity contribution in [3.63, 3.8) is 0 Å². The summed E-state index contributed by atoms with van der Waals surface area (Å²) >= 11 is 0. The Bertz CT molecular complexity index is 182. The highest BCUT2D eigenvalue weighted by molar-refractivity contribution is 7.44. The minimum Gasteiger partial charge on any atom is -0.481 e. The zero-order valence-electron chi connectivity index (χ0n) is 8.57. The van der Waals surface area contributed by atoms with Crippen molar-refractivity contribution in [2.75, 3.05) is 25.5 Å². The quantitative estimate of drug-likeness (QED) is 0.478. The smallest absolute Gasteiger partial charge is 0.341 e. The molecule has 0 aliphatic carbocycles. The van der Waals surface area contributed by atoms with E-state index in [2.05, 4.69) is 0 Å². The van der Waals surface area contributed by atoms with Gasteiger partial charge in [0.25, 0.3) is 0 Å². The summed E-state index contributed by atoms with van der Waals surface area (Å²) in [7, 11) is -1.19. The van der Waals surface area contributed by atoms with Crippen LogP contribution in [0.1, 0.15) is 26.2 Å². The van der Waals surface area contributed by atoms with Crippen LogP contribution in [0.4, 0.5) is 0 Å². The molecule has 0 spiro atoms. The van der Waals surface area contributed by atoms with Crippen molar-refractivity contribution in [1.82, 2.24) is 0 Å². The van der Waals surface area contributed by atoms with E-state index in [0.717, 1.165) is 6.42 Å². The molecule has 0 rings (SSSR count). The van der Waals surface area contributed by atoms with Crippen LogP contribution in [0.3, 0.4) is 0 Å². The summed E-state index contributed by atoms with van der Waals surface area (Å²) in [6.45, 7) is 3.10. The highest BCUT2D eigenvalue weighted by atomic mass is 31.1. The lowest BCUT2D eigenvalue weighted by Crippen LogP contribution is -1.98. The van der Waals surface area contributed by atoms with Gasteiger partial charge in [0.1, 0.15) is 6.16 Å². The average Bonchev–Trinajstić information content (AvgIpc) is 2.13. The molecule has 82 valence electrons. The summed E-state index contributed by atoms with van der Waals surface area (Å²) < 4.78 is 16.4. The molecule has 0 aliphatic rings. The first kappa shape index (κ1) is 13.5. The number of rotatable bonds is 9. The maximum atomic E-state index is 11.3. The molecule has 0 saturated carbocycles. The average molecular weight is 221 g/mol. The highest BCUT2D eigenvalue weighted by Crippen LogP contribution is 2.21. The van der Waals surface area contributed by atoms with E-state index in [0.29, 0.717) is 32.0 Å². The van der Waals surface area contributed by atoms with Crippen LogP contribution in [0.15, 0.2) is 0 Å². The van der Waals surface area contributed by atoms with Gasteiger partial charge in [0.05, 0.1) is 6.61 Å². The second kappa shape index (κ2) is 9.10. The Labute approximate surface area is 85.4 Å². The maximum absolute atomic E-state index is 11.3. The van der Waals surface area contributed by atoms with Gasteiger partial charge in [-0.15, -0.1) is 0 Å². The van der Waals surface area contributed by atoms with E-state index in [-0.39, 0.29) is 6.42 Å². The summed E-state index contributed by atoms with van der Waals surface area (Å²) in [5.74, 6) is -0.783. The molecule has 0 amide bonds. The summed E-state index contributed by atoms with van der Waals surface area (Å²) in [5, 5.41) is 8.36. The third-order valence-electron chi connectivity index (χ3n) is 1.74. The zero-order chi connectivity index (χ0) is 10.8. The van der Waals surface area contributed by atoms with Gasteiger partial charge in [-0.05, 0) is 19.8 Å². The van der Waals surface area contributed by atoms with Crippen LogP contribution in [0.25, 0.3) is 0 Å². The summed E-state index contributed by atoms with van der Waals surface area (Å²) in [5.41, 5.74) is 0. The Morgan fingerprint density at radius 1 is 1.36 bits per heavy atom. The molecule has 0 bridgehead atoms. The van der Waals surface area contributed by atoms with E-state index in [1.807, 2.05) is 6.92 Å². The normalized spacial score (nSPS) is 11.4. The van der Waals surface area contributed by atoms with Crippen LogP contribution >= 0.6 is 7.80 Å². The van der Waals surface area contributed by atoms with Crippen molar-refractivity contribution in [2.24, 2.45) is 0 Å². The highest BCUT2D eigenvalue weighted by Gasteiger charge is 2.13. The van der Waals surface area contributed by atoms with Gasteiger partial charge >= 0.3 is 13.8 Å². The van der Waals surface area contributed by atoms with Gasteiger partial charge in [0.15, 0.2) is 6.16 Å². The molecule has 0 fully saturated rings. The molecular weight excluding hydrogens is 203 g/mol. The first-order valence-electron chi connectivity index (χ1n) is 4.88. The van der Waals surface area contributed by atoms with Crippen molar-refractivity contribution >= 4 is 13.8 Å². The minimum absolute atomic E-state index is 0.175. The molecular formula is C9H18O4P+. The van der Waals surface area contributed by atoms with E-state index < -0.39 is 13.8 Å². The van der Waals surface area contributed by atoms with Gasteiger partial charge in [-0.25, -0.2) is 0 Å². The second-order valence-corrected chi connectivity index (χ2v) is 4.83. The van der Waals surface area contributed by atoms with Crippen LogP contribution < -0.4 is 0 Å². The monoisotopic (exact) mass is 221 g/mol. The molecule has 0 heterocycles. The molecule has 0 aromatic heterocycles. The summed E-state index contributed by atoms with van der Waals surface area (Å²) in [6.07, 6.45) is 2.74.